The Balaban J connectivity index is 2.11. The zero-order valence-electron chi connectivity index (χ0n) is 18.7. The highest BCUT2D eigenvalue weighted by Crippen LogP contribution is 2.08. The third-order valence-corrected chi connectivity index (χ3v) is 5.60. The van der Waals surface area contributed by atoms with Crippen LogP contribution in [0.1, 0.15) is 30.4 Å². The van der Waals surface area contributed by atoms with E-state index < -0.39 is 29.9 Å². The van der Waals surface area contributed by atoms with Gasteiger partial charge in [0, 0.05) is 6.42 Å². The van der Waals surface area contributed by atoms with Crippen LogP contribution < -0.4 is 22.1 Å². The van der Waals surface area contributed by atoms with Crippen LogP contribution >= 0.6 is 11.6 Å². The number of nitrogens with two attached hydrogens (primary N) is 2. The number of alkyl halides is 1. The number of halogens is 1. The lowest BCUT2D eigenvalue weighted by atomic mass is 10.0. The molecule has 0 saturated heterocycles. The Kier molecular flexibility index (Phi) is 11.6. The fourth-order valence-corrected chi connectivity index (χ4v) is 3.66. The van der Waals surface area contributed by atoms with E-state index in [1.54, 1.807) is 0 Å². The Labute approximate surface area is 200 Å². The van der Waals surface area contributed by atoms with Gasteiger partial charge in [-0.1, -0.05) is 60.7 Å². The number of rotatable bonds is 14. The number of unbranched alkanes of at least 4 members (excludes halogenated alkanes) is 1. The minimum absolute atomic E-state index is 0.203. The molecule has 2 aromatic rings. The van der Waals surface area contributed by atoms with Crippen molar-refractivity contribution in [1.29, 1.82) is 0 Å². The van der Waals surface area contributed by atoms with Crippen LogP contribution in [0.3, 0.4) is 0 Å². The van der Waals surface area contributed by atoms with Gasteiger partial charge in [-0.3, -0.25) is 14.4 Å². The van der Waals surface area contributed by atoms with Gasteiger partial charge >= 0.3 is 0 Å². The van der Waals surface area contributed by atoms with E-state index in [9.17, 15) is 14.4 Å². The average molecular weight is 473 g/mol. The molecule has 0 saturated carbocycles. The molecule has 2 amide bonds. The summed E-state index contributed by atoms with van der Waals surface area (Å²) in [5.41, 5.74) is 13.5. The zero-order valence-corrected chi connectivity index (χ0v) is 19.5. The second-order valence-electron chi connectivity index (χ2n) is 7.99. The molecule has 3 atom stereocenters. The first kappa shape index (κ1) is 26.5. The van der Waals surface area contributed by atoms with Gasteiger partial charge in [-0.05, 0) is 43.4 Å². The van der Waals surface area contributed by atoms with Gasteiger partial charge < -0.3 is 22.1 Å². The Morgan fingerprint density at radius 1 is 0.788 bits per heavy atom. The lowest BCUT2D eigenvalue weighted by Crippen LogP contribution is -2.55. The summed E-state index contributed by atoms with van der Waals surface area (Å²) < 4.78 is 0. The number of benzene rings is 2. The molecule has 178 valence electrons. The molecular weight excluding hydrogens is 440 g/mol. The molecule has 2 aromatic carbocycles. The van der Waals surface area contributed by atoms with Gasteiger partial charge in [0.15, 0.2) is 5.78 Å². The van der Waals surface area contributed by atoms with E-state index in [1.807, 2.05) is 60.7 Å². The minimum Gasteiger partial charge on any atom is -0.344 e. The molecule has 0 aliphatic carbocycles. The lowest BCUT2D eigenvalue weighted by Gasteiger charge is -2.24. The van der Waals surface area contributed by atoms with Gasteiger partial charge in [-0.25, -0.2) is 0 Å². The van der Waals surface area contributed by atoms with E-state index >= 15 is 0 Å². The maximum absolute atomic E-state index is 13.1. The number of hydrogen-bond acceptors (Lipinski definition) is 5. The van der Waals surface area contributed by atoms with Crippen LogP contribution in [0.5, 0.6) is 0 Å². The third-order valence-electron chi connectivity index (χ3n) is 5.33. The summed E-state index contributed by atoms with van der Waals surface area (Å²) >= 11 is 5.74. The molecule has 0 fully saturated rings. The predicted octanol–water partition coefficient (Wildman–Crippen LogP) is 1.71. The molecule has 33 heavy (non-hydrogen) atoms. The number of carbonyl (C=O) groups excluding carboxylic acids is 3. The van der Waals surface area contributed by atoms with E-state index in [0.717, 1.165) is 17.5 Å². The standard InChI is InChI=1S/C25H33ClN4O3/c26-17-23(31)21(13-7-8-14-27)29-25(33)22(16-19-11-5-2-6-12-19)30-24(32)20(28)15-18-9-3-1-4-10-18/h1-6,9-12,20-22H,7-8,13-17,27-28H2,(H,29,33)(H,30,32)/t20-,21-,22-/m0/s1. The van der Waals surface area contributed by atoms with Crippen LogP contribution in [0.25, 0.3) is 0 Å². The summed E-state index contributed by atoms with van der Waals surface area (Å²) in [6.07, 6.45) is 2.47. The molecule has 0 heterocycles. The summed E-state index contributed by atoms with van der Waals surface area (Å²) in [5, 5.41) is 5.55. The second kappa shape index (κ2) is 14.4. The van der Waals surface area contributed by atoms with Crippen LogP contribution in [0.15, 0.2) is 60.7 Å². The molecule has 0 aliphatic heterocycles. The predicted molar refractivity (Wildman–Crippen MR) is 131 cm³/mol. The van der Waals surface area contributed by atoms with Gasteiger partial charge in [-0.2, -0.15) is 0 Å². The smallest absolute Gasteiger partial charge is 0.243 e. The molecule has 2 rings (SSSR count). The van der Waals surface area contributed by atoms with Crippen LogP contribution in [0.4, 0.5) is 0 Å². The van der Waals surface area contributed by atoms with E-state index in [4.69, 9.17) is 23.1 Å². The summed E-state index contributed by atoms with van der Waals surface area (Å²) in [5.74, 6) is -1.35. The number of amides is 2. The number of carbonyl (C=O) groups is 3. The van der Waals surface area contributed by atoms with Gasteiger partial charge in [0.2, 0.25) is 11.8 Å². The highest BCUT2D eigenvalue weighted by atomic mass is 35.5. The highest BCUT2D eigenvalue weighted by molar-refractivity contribution is 6.28. The van der Waals surface area contributed by atoms with Crippen molar-refractivity contribution in [2.45, 2.75) is 50.2 Å². The molecule has 0 spiro atoms. The maximum atomic E-state index is 13.1. The highest BCUT2D eigenvalue weighted by Gasteiger charge is 2.28. The zero-order chi connectivity index (χ0) is 24.1. The van der Waals surface area contributed by atoms with E-state index in [1.165, 1.54) is 0 Å². The van der Waals surface area contributed by atoms with E-state index in [-0.39, 0.29) is 18.1 Å². The number of hydrogen-bond donors (Lipinski definition) is 4. The van der Waals surface area contributed by atoms with Crippen LogP contribution in [-0.4, -0.2) is 48.1 Å². The first-order valence-corrected chi connectivity index (χ1v) is 11.7. The van der Waals surface area contributed by atoms with Crippen molar-refractivity contribution in [2.75, 3.05) is 12.4 Å². The quantitative estimate of drug-likeness (QED) is 0.246. The molecule has 6 N–H and O–H groups in total. The molecule has 0 aromatic heterocycles. The van der Waals surface area contributed by atoms with Crippen molar-refractivity contribution < 1.29 is 14.4 Å². The minimum atomic E-state index is -0.887. The van der Waals surface area contributed by atoms with Crippen molar-refractivity contribution in [3.05, 3.63) is 71.8 Å². The second-order valence-corrected chi connectivity index (χ2v) is 8.26. The Morgan fingerprint density at radius 3 is 1.88 bits per heavy atom. The van der Waals surface area contributed by atoms with Crippen molar-refractivity contribution >= 4 is 29.2 Å². The molecule has 7 nitrogen and oxygen atoms in total. The SMILES string of the molecule is NCCCC[C@H](NC(=O)[C@H](Cc1ccccc1)NC(=O)[C@@H](N)Cc1ccccc1)C(=O)CCl. The van der Waals surface area contributed by atoms with Crippen molar-refractivity contribution in [3.63, 3.8) is 0 Å². The van der Waals surface area contributed by atoms with Gasteiger partial charge in [-0.15, -0.1) is 11.6 Å². The van der Waals surface area contributed by atoms with Crippen molar-refractivity contribution in [1.82, 2.24) is 10.6 Å². The number of Topliss-reactive ketones (excluding diaryl/α,β-unsaturated/α-hetero) is 1. The fraction of sp³-hybridized carbons (Fsp3) is 0.400. The largest absolute Gasteiger partial charge is 0.344 e. The fourth-order valence-electron chi connectivity index (χ4n) is 3.47. The Bertz CT molecular complexity index is 880. The summed E-state index contributed by atoms with van der Waals surface area (Å²) in [6.45, 7) is 0.502. The molecule has 0 aliphatic rings. The summed E-state index contributed by atoms with van der Waals surface area (Å²) in [4.78, 5) is 38.2. The third kappa shape index (κ3) is 9.34. The van der Waals surface area contributed by atoms with Gasteiger partial charge in [0.25, 0.3) is 0 Å². The molecule has 8 heteroatoms. The Hall–Kier alpha value is -2.74. The normalized spacial score (nSPS) is 13.5. The lowest BCUT2D eigenvalue weighted by molar-refractivity contribution is -0.131. The first-order valence-electron chi connectivity index (χ1n) is 11.2. The van der Waals surface area contributed by atoms with E-state index in [2.05, 4.69) is 10.6 Å². The topological polar surface area (TPSA) is 127 Å². The summed E-state index contributed by atoms with van der Waals surface area (Å²) in [7, 11) is 0. The Morgan fingerprint density at radius 2 is 1.33 bits per heavy atom. The van der Waals surface area contributed by atoms with Crippen LogP contribution in [0, 0.1) is 0 Å². The average Bonchev–Trinajstić information content (AvgIpc) is 2.83. The molecule has 0 unspecified atom stereocenters. The number of ketones is 1. The van der Waals surface area contributed by atoms with Crippen LogP contribution in [0.2, 0.25) is 0 Å². The van der Waals surface area contributed by atoms with Crippen molar-refractivity contribution in [2.24, 2.45) is 11.5 Å². The van der Waals surface area contributed by atoms with E-state index in [0.29, 0.717) is 25.8 Å². The maximum Gasteiger partial charge on any atom is 0.243 e. The van der Waals surface area contributed by atoms with Gasteiger partial charge in [0.1, 0.15) is 6.04 Å². The van der Waals surface area contributed by atoms with Crippen molar-refractivity contribution in [3.8, 4) is 0 Å². The molecule has 0 bridgehead atoms. The molecular formula is C25H33ClN4O3. The monoisotopic (exact) mass is 472 g/mol. The van der Waals surface area contributed by atoms with Crippen LogP contribution in [-0.2, 0) is 27.2 Å². The molecule has 0 radical (unpaired) electrons. The summed E-state index contributed by atoms with van der Waals surface area (Å²) in [6, 6.07) is 16.4. The van der Waals surface area contributed by atoms with Gasteiger partial charge in [0.05, 0.1) is 18.0 Å². The number of nitrogens with one attached hydrogen (secondary N) is 2. The first-order chi connectivity index (χ1) is 15.9.